The highest BCUT2D eigenvalue weighted by Gasteiger charge is 2.16. The first-order valence-corrected chi connectivity index (χ1v) is 5.70. The number of nitro groups is 1. The predicted octanol–water partition coefficient (Wildman–Crippen LogP) is 2.35. The highest BCUT2D eigenvalue weighted by molar-refractivity contribution is 7.99. The molecule has 7 heteroatoms. The number of nitro benzene ring substituents is 1. The van der Waals surface area contributed by atoms with Crippen molar-refractivity contribution in [2.24, 2.45) is 0 Å². The first kappa shape index (κ1) is 12.2. The van der Waals surface area contributed by atoms with Crippen molar-refractivity contribution in [1.29, 1.82) is 0 Å². The van der Waals surface area contributed by atoms with Crippen molar-refractivity contribution in [3.8, 4) is 0 Å². The van der Waals surface area contributed by atoms with Crippen molar-refractivity contribution in [3.63, 3.8) is 0 Å². The van der Waals surface area contributed by atoms with E-state index in [9.17, 15) is 14.9 Å². The molecule has 6 nitrogen and oxygen atoms in total. The Bertz CT molecular complexity index is 589. The summed E-state index contributed by atoms with van der Waals surface area (Å²) in [6, 6.07) is 4.30. The van der Waals surface area contributed by atoms with Gasteiger partial charge < -0.3 is 0 Å². The molecule has 0 aliphatic heterocycles. The lowest BCUT2D eigenvalue weighted by Gasteiger charge is -2.02. The highest BCUT2D eigenvalue weighted by Crippen LogP contribution is 2.33. The largest absolute Gasteiger partial charge is 0.298 e. The minimum atomic E-state index is -0.522. The number of aldehydes is 1. The van der Waals surface area contributed by atoms with Crippen LogP contribution in [-0.4, -0.2) is 21.2 Å². The van der Waals surface area contributed by atoms with Crippen LogP contribution < -0.4 is 0 Å². The van der Waals surface area contributed by atoms with Crippen LogP contribution in [0.5, 0.6) is 0 Å². The molecule has 0 spiro atoms. The van der Waals surface area contributed by atoms with E-state index < -0.39 is 4.92 Å². The van der Waals surface area contributed by atoms with E-state index in [-0.39, 0.29) is 11.3 Å². The molecule has 1 aromatic carbocycles. The Morgan fingerprint density at radius 2 is 2.17 bits per heavy atom. The molecule has 2 aromatic rings. The van der Waals surface area contributed by atoms with Crippen LogP contribution in [0.25, 0.3) is 0 Å². The summed E-state index contributed by atoms with van der Waals surface area (Å²) in [6.07, 6.45) is 5.12. The third-order valence-electron chi connectivity index (χ3n) is 2.07. The van der Waals surface area contributed by atoms with E-state index in [4.69, 9.17) is 0 Å². The van der Waals surface area contributed by atoms with Gasteiger partial charge in [-0.1, -0.05) is 17.8 Å². The quantitative estimate of drug-likeness (QED) is 0.477. The SMILES string of the molecule is O=Cc1ccc(Sc2cnccn2)c([N+](=O)[O-])c1. The van der Waals surface area contributed by atoms with E-state index in [2.05, 4.69) is 9.97 Å². The van der Waals surface area contributed by atoms with Crippen molar-refractivity contribution < 1.29 is 9.72 Å². The normalized spacial score (nSPS) is 10.0. The molecule has 0 fully saturated rings. The molecular weight excluding hydrogens is 254 g/mol. The lowest BCUT2D eigenvalue weighted by molar-refractivity contribution is -0.387. The Labute approximate surface area is 106 Å². The minimum Gasteiger partial charge on any atom is -0.298 e. The zero-order chi connectivity index (χ0) is 13.0. The third-order valence-corrected chi connectivity index (χ3v) is 3.05. The van der Waals surface area contributed by atoms with E-state index in [1.165, 1.54) is 36.8 Å². The van der Waals surface area contributed by atoms with Gasteiger partial charge >= 0.3 is 0 Å². The van der Waals surface area contributed by atoms with E-state index in [0.717, 1.165) is 11.8 Å². The lowest BCUT2D eigenvalue weighted by Crippen LogP contribution is -1.93. The van der Waals surface area contributed by atoms with Crippen LogP contribution >= 0.6 is 11.8 Å². The second-order valence-electron chi connectivity index (χ2n) is 3.25. The Morgan fingerprint density at radius 1 is 1.33 bits per heavy atom. The average molecular weight is 261 g/mol. The number of carbonyl (C=O) groups excluding carboxylic acids is 1. The Balaban J connectivity index is 2.38. The first-order chi connectivity index (χ1) is 8.70. The topological polar surface area (TPSA) is 86.0 Å². The smallest absolute Gasteiger partial charge is 0.284 e. The molecule has 0 unspecified atom stereocenters. The van der Waals surface area contributed by atoms with Gasteiger partial charge in [0.25, 0.3) is 5.69 Å². The fourth-order valence-electron chi connectivity index (χ4n) is 1.29. The number of carbonyl (C=O) groups is 1. The van der Waals surface area contributed by atoms with Gasteiger partial charge in [-0.15, -0.1) is 0 Å². The van der Waals surface area contributed by atoms with Gasteiger partial charge in [0.2, 0.25) is 0 Å². The van der Waals surface area contributed by atoms with Gasteiger partial charge in [0, 0.05) is 24.0 Å². The van der Waals surface area contributed by atoms with Crippen LogP contribution in [0, 0.1) is 10.1 Å². The van der Waals surface area contributed by atoms with Crippen molar-refractivity contribution in [3.05, 3.63) is 52.5 Å². The van der Waals surface area contributed by atoms with E-state index >= 15 is 0 Å². The van der Waals surface area contributed by atoms with Crippen LogP contribution in [0.1, 0.15) is 10.4 Å². The third kappa shape index (κ3) is 2.69. The summed E-state index contributed by atoms with van der Waals surface area (Å²) in [5.74, 6) is 0. The molecule has 0 aliphatic rings. The molecule has 1 heterocycles. The number of hydrogen-bond donors (Lipinski definition) is 0. The van der Waals surface area contributed by atoms with Gasteiger partial charge in [0.05, 0.1) is 16.0 Å². The molecular formula is C11H7N3O3S. The molecule has 1 aromatic heterocycles. The highest BCUT2D eigenvalue weighted by atomic mass is 32.2. The summed E-state index contributed by atoms with van der Waals surface area (Å²) in [4.78, 5) is 29.3. The van der Waals surface area contributed by atoms with E-state index in [1.54, 1.807) is 0 Å². The maximum atomic E-state index is 10.9. The molecule has 0 bridgehead atoms. The molecule has 0 atom stereocenters. The van der Waals surface area contributed by atoms with E-state index in [1.807, 2.05) is 0 Å². The van der Waals surface area contributed by atoms with Crippen molar-refractivity contribution in [2.75, 3.05) is 0 Å². The maximum Gasteiger partial charge on any atom is 0.284 e. The summed E-state index contributed by atoms with van der Waals surface area (Å²) < 4.78 is 0. The Hall–Kier alpha value is -2.28. The van der Waals surface area contributed by atoms with Crippen LogP contribution in [0.4, 0.5) is 5.69 Å². The maximum absolute atomic E-state index is 10.9. The van der Waals surface area contributed by atoms with Gasteiger partial charge in [-0.3, -0.25) is 19.9 Å². The zero-order valence-electron chi connectivity index (χ0n) is 9.02. The van der Waals surface area contributed by atoms with Gasteiger partial charge in [-0.05, 0) is 6.07 Å². The van der Waals surface area contributed by atoms with Crippen molar-refractivity contribution in [1.82, 2.24) is 9.97 Å². The lowest BCUT2D eigenvalue weighted by atomic mass is 10.2. The Kier molecular flexibility index (Phi) is 3.63. The predicted molar refractivity (Wildman–Crippen MR) is 64.6 cm³/mol. The summed E-state index contributed by atoms with van der Waals surface area (Å²) in [5, 5.41) is 11.5. The van der Waals surface area contributed by atoms with Crippen LogP contribution in [0.3, 0.4) is 0 Å². The van der Waals surface area contributed by atoms with Crippen molar-refractivity contribution in [2.45, 2.75) is 9.92 Å². The molecule has 0 N–H and O–H groups in total. The fourth-order valence-corrected chi connectivity index (χ4v) is 2.11. The van der Waals surface area contributed by atoms with Gasteiger partial charge in [0.15, 0.2) is 0 Å². The fraction of sp³-hybridized carbons (Fsp3) is 0. The molecule has 0 radical (unpaired) electrons. The van der Waals surface area contributed by atoms with Gasteiger partial charge in [-0.2, -0.15) is 0 Å². The van der Waals surface area contributed by atoms with Crippen LogP contribution in [-0.2, 0) is 0 Å². The summed E-state index contributed by atoms with van der Waals surface area (Å²) >= 11 is 1.13. The number of rotatable bonds is 4. The van der Waals surface area contributed by atoms with Gasteiger partial charge in [0.1, 0.15) is 11.3 Å². The molecule has 0 amide bonds. The number of aromatic nitrogens is 2. The molecule has 90 valence electrons. The molecule has 2 rings (SSSR count). The summed E-state index contributed by atoms with van der Waals surface area (Å²) in [6.45, 7) is 0. The monoisotopic (exact) mass is 261 g/mol. The number of benzene rings is 1. The molecule has 0 saturated carbocycles. The van der Waals surface area contributed by atoms with E-state index in [0.29, 0.717) is 16.2 Å². The molecule has 18 heavy (non-hydrogen) atoms. The standard InChI is InChI=1S/C11H7N3O3S/c15-7-8-1-2-10(9(5-8)14(16)17)18-11-6-12-3-4-13-11/h1-7H. The summed E-state index contributed by atoms with van der Waals surface area (Å²) in [5.41, 5.74) is 0.153. The summed E-state index contributed by atoms with van der Waals surface area (Å²) in [7, 11) is 0. The van der Waals surface area contributed by atoms with Crippen LogP contribution in [0.15, 0.2) is 46.7 Å². The Morgan fingerprint density at radius 3 is 2.78 bits per heavy atom. The second kappa shape index (κ2) is 5.37. The molecule has 0 saturated heterocycles. The van der Waals surface area contributed by atoms with Gasteiger partial charge in [-0.25, -0.2) is 4.98 Å². The average Bonchev–Trinajstić information content (AvgIpc) is 2.40. The number of hydrogen-bond acceptors (Lipinski definition) is 6. The minimum absolute atomic E-state index is 0.116. The zero-order valence-corrected chi connectivity index (χ0v) is 9.83. The number of nitrogens with zero attached hydrogens (tertiary/aromatic N) is 3. The first-order valence-electron chi connectivity index (χ1n) is 4.88. The van der Waals surface area contributed by atoms with Crippen LogP contribution in [0.2, 0.25) is 0 Å². The second-order valence-corrected chi connectivity index (χ2v) is 4.31. The van der Waals surface area contributed by atoms with Crippen molar-refractivity contribution >= 4 is 23.7 Å². The molecule has 0 aliphatic carbocycles.